The zero-order valence-electron chi connectivity index (χ0n) is 14.4. The minimum absolute atomic E-state index is 0.0774. The summed E-state index contributed by atoms with van der Waals surface area (Å²) in [7, 11) is 0. The van der Waals surface area contributed by atoms with Crippen LogP contribution in [0.1, 0.15) is 27.3 Å². The molecule has 0 saturated heterocycles. The average Bonchev–Trinajstić information content (AvgIpc) is 2.91. The number of hydrazone groups is 1. The van der Waals surface area contributed by atoms with E-state index in [1.807, 2.05) is 72.8 Å². The van der Waals surface area contributed by atoms with Gasteiger partial charge in [0, 0.05) is 28.2 Å². The monoisotopic (exact) mass is 459 g/mol. The number of nitrogens with zero attached hydrogens (tertiary/aromatic N) is 2. The highest BCUT2D eigenvalue weighted by atomic mass is 127. The van der Waals surface area contributed by atoms with Crippen LogP contribution in [-0.4, -0.2) is 21.8 Å². The van der Waals surface area contributed by atoms with Gasteiger partial charge in [0.1, 0.15) is 5.75 Å². The van der Waals surface area contributed by atoms with Gasteiger partial charge in [-0.15, -0.1) is 0 Å². The van der Waals surface area contributed by atoms with E-state index in [-0.39, 0.29) is 11.7 Å². The SMILES string of the molecule is Cc1cc(/C=N/NC(=O)c2ccc(I)c(O)c2)c(C)n1-c1ccccc1. The number of aromatic nitrogens is 1. The summed E-state index contributed by atoms with van der Waals surface area (Å²) in [5, 5.41) is 13.8. The van der Waals surface area contributed by atoms with Crippen molar-refractivity contribution >= 4 is 34.7 Å². The molecular formula is C20H18IN3O2. The molecule has 0 bridgehead atoms. The summed E-state index contributed by atoms with van der Waals surface area (Å²) in [6, 6.07) is 16.9. The molecule has 0 aliphatic heterocycles. The molecule has 0 atom stereocenters. The molecule has 26 heavy (non-hydrogen) atoms. The molecule has 1 amide bonds. The summed E-state index contributed by atoms with van der Waals surface area (Å²) in [5.41, 5.74) is 6.99. The van der Waals surface area contributed by atoms with Gasteiger partial charge in [-0.3, -0.25) is 4.79 Å². The molecule has 2 aromatic carbocycles. The maximum atomic E-state index is 12.1. The summed E-state index contributed by atoms with van der Waals surface area (Å²) in [5.74, 6) is -0.293. The number of aryl methyl sites for hydroxylation is 1. The van der Waals surface area contributed by atoms with Gasteiger partial charge in [0.2, 0.25) is 0 Å². The molecule has 0 aliphatic carbocycles. The van der Waals surface area contributed by atoms with Gasteiger partial charge >= 0.3 is 0 Å². The van der Waals surface area contributed by atoms with E-state index in [1.165, 1.54) is 6.07 Å². The molecule has 132 valence electrons. The van der Waals surface area contributed by atoms with E-state index < -0.39 is 0 Å². The van der Waals surface area contributed by atoms with Gasteiger partial charge in [-0.05, 0) is 72.8 Å². The zero-order valence-corrected chi connectivity index (χ0v) is 16.6. The number of aromatic hydroxyl groups is 1. The largest absolute Gasteiger partial charge is 0.507 e. The minimum Gasteiger partial charge on any atom is -0.507 e. The second-order valence-electron chi connectivity index (χ2n) is 5.86. The Morgan fingerprint density at radius 2 is 1.88 bits per heavy atom. The lowest BCUT2D eigenvalue weighted by atomic mass is 10.2. The normalized spacial score (nSPS) is 11.0. The summed E-state index contributed by atoms with van der Waals surface area (Å²) in [6.07, 6.45) is 1.63. The van der Waals surface area contributed by atoms with Crippen LogP contribution < -0.4 is 5.43 Å². The molecule has 2 N–H and O–H groups in total. The first-order chi connectivity index (χ1) is 12.5. The Bertz CT molecular complexity index is 978. The van der Waals surface area contributed by atoms with Crippen molar-refractivity contribution < 1.29 is 9.90 Å². The number of benzene rings is 2. The van der Waals surface area contributed by atoms with Gasteiger partial charge < -0.3 is 9.67 Å². The lowest BCUT2D eigenvalue weighted by Gasteiger charge is -2.09. The molecule has 5 nitrogen and oxygen atoms in total. The molecule has 0 fully saturated rings. The number of hydrogen-bond acceptors (Lipinski definition) is 3. The number of phenolic OH excluding ortho intramolecular Hbond substituents is 1. The third-order valence-corrected chi connectivity index (χ3v) is 4.97. The van der Waals surface area contributed by atoms with E-state index in [4.69, 9.17) is 0 Å². The average molecular weight is 459 g/mol. The van der Waals surface area contributed by atoms with Gasteiger partial charge in [0.25, 0.3) is 5.91 Å². The second-order valence-corrected chi connectivity index (χ2v) is 7.02. The summed E-state index contributed by atoms with van der Waals surface area (Å²) in [6.45, 7) is 4.05. The van der Waals surface area contributed by atoms with Gasteiger partial charge in [0.05, 0.1) is 9.78 Å². The molecule has 0 radical (unpaired) electrons. The quantitative estimate of drug-likeness (QED) is 0.350. The van der Waals surface area contributed by atoms with Crippen LogP contribution in [0.25, 0.3) is 5.69 Å². The van der Waals surface area contributed by atoms with Gasteiger partial charge in [-0.25, -0.2) is 5.43 Å². The van der Waals surface area contributed by atoms with Crippen LogP contribution in [-0.2, 0) is 0 Å². The fourth-order valence-electron chi connectivity index (χ4n) is 2.77. The van der Waals surface area contributed by atoms with Crippen LogP contribution in [0, 0.1) is 17.4 Å². The lowest BCUT2D eigenvalue weighted by molar-refractivity contribution is 0.0954. The molecule has 0 spiro atoms. The van der Waals surface area contributed by atoms with Crippen molar-refractivity contribution in [3.05, 3.63) is 80.7 Å². The van der Waals surface area contributed by atoms with Gasteiger partial charge in [0.15, 0.2) is 0 Å². The van der Waals surface area contributed by atoms with Crippen molar-refractivity contribution in [2.24, 2.45) is 5.10 Å². The molecular weight excluding hydrogens is 441 g/mol. The molecule has 6 heteroatoms. The van der Waals surface area contributed by atoms with Crippen molar-refractivity contribution in [2.45, 2.75) is 13.8 Å². The standard InChI is InChI=1S/C20H18IN3O2/c1-13-10-16(14(2)24(13)17-6-4-3-5-7-17)12-22-23-20(26)15-8-9-18(21)19(25)11-15/h3-12,25H,1-2H3,(H,23,26)/b22-12+. The first kappa shape index (κ1) is 18.2. The molecule has 0 saturated carbocycles. The Labute approximate surface area is 165 Å². The van der Waals surface area contributed by atoms with Crippen LogP contribution in [0.5, 0.6) is 5.75 Å². The third kappa shape index (κ3) is 3.80. The highest BCUT2D eigenvalue weighted by Gasteiger charge is 2.10. The zero-order chi connectivity index (χ0) is 18.7. The highest BCUT2D eigenvalue weighted by Crippen LogP contribution is 2.21. The van der Waals surface area contributed by atoms with Crippen molar-refractivity contribution in [2.75, 3.05) is 0 Å². The molecule has 3 rings (SSSR count). The number of hydrogen-bond donors (Lipinski definition) is 2. The second kappa shape index (κ2) is 7.74. The molecule has 0 aliphatic rings. The third-order valence-electron chi connectivity index (χ3n) is 4.06. The number of para-hydroxylation sites is 1. The van der Waals surface area contributed by atoms with E-state index in [0.29, 0.717) is 9.13 Å². The van der Waals surface area contributed by atoms with E-state index in [0.717, 1.165) is 22.6 Å². The number of nitrogens with one attached hydrogen (secondary N) is 1. The first-order valence-corrected chi connectivity index (χ1v) is 9.11. The lowest BCUT2D eigenvalue weighted by Crippen LogP contribution is -2.17. The predicted octanol–water partition coefficient (Wildman–Crippen LogP) is 4.17. The highest BCUT2D eigenvalue weighted by molar-refractivity contribution is 14.1. The fraction of sp³-hybridized carbons (Fsp3) is 0.100. The van der Waals surface area contributed by atoms with E-state index in [1.54, 1.807) is 18.3 Å². The molecule has 0 unspecified atom stereocenters. The minimum atomic E-state index is -0.371. The summed E-state index contributed by atoms with van der Waals surface area (Å²) in [4.78, 5) is 12.1. The van der Waals surface area contributed by atoms with Crippen molar-refractivity contribution in [3.63, 3.8) is 0 Å². The first-order valence-electron chi connectivity index (χ1n) is 8.03. The number of carbonyl (C=O) groups excluding carboxylic acids is 1. The Balaban J connectivity index is 1.77. The number of halogens is 1. The Morgan fingerprint density at radius 3 is 2.58 bits per heavy atom. The Morgan fingerprint density at radius 1 is 1.15 bits per heavy atom. The van der Waals surface area contributed by atoms with Crippen LogP contribution >= 0.6 is 22.6 Å². The van der Waals surface area contributed by atoms with Crippen LogP contribution in [0.3, 0.4) is 0 Å². The number of phenols is 1. The Kier molecular flexibility index (Phi) is 5.41. The van der Waals surface area contributed by atoms with Crippen molar-refractivity contribution in [1.82, 2.24) is 9.99 Å². The predicted molar refractivity (Wildman–Crippen MR) is 111 cm³/mol. The number of amides is 1. The van der Waals surface area contributed by atoms with Crippen LogP contribution in [0.2, 0.25) is 0 Å². The van der Waals surface area contributed by atoms with Crippen molar-refractivity contribution in [3.8, 4) is 11.4 Å². The summed E-state index contributed by atoms with van der Waals surface area (Å²) >= 11 is 2.00. The van der Waals surface area contributed by atoms with Crippen molar-refractivity contribution in [1.29, 1.82) is 0 Å². The number of rotatable bonds is 4. The van der Waals surface area contributed by atoms with Crippen LogP contribution in [0.4, 0.5) is 0 Å². The van der Waals surface area contributed by atoms with E-state index >= 15 is 0 Å². The smallest absolute Gasteiger partial charge is 0.271 e. The van der Waals surface area contributed by atoms with E-state index in [2.05, 4.69) is 15.1 Å². The van der Waals surface area contributed by atoms with E-state index in [9.17, 15) is 9.90 Å². The molecule has 1 heterocycles. The maximum absolute atomic E-state index is 12.1. The van der Waals surface area contributed by atoms with Gasteiger partial charge in [-0.1, -0.05) is 18.2 Å². The van der Waals surface area contributed by atoms with Gasteiger partial charge in [-0.2, -0.15) is 5.10 Å². The maximum Gasteiger partial charge on any atom is 0.271 e. The summed E-state index contributed by atoms with van der Waals surface area (Å²) < 4.78 is 2.83. The topological polar surface area (TPSA) is 66.6 Å². The fourth-order valence-corrected chi connectivity index (χ4v) is 3.11. The molecule has 1 aromatic heterocycles. The molecule has 3 aromatic rings. The van der Waals surface area contributed by atoms with Crippen LogP contribution in [0.15, 0.2) is 59.7 Å². The number of carbonyl (C=O) groups is 1. The Hall–Kier alpha value is -2.61.